The van der Waals surface area contributed by atoms with Crippen molar-refractivity contribution in [2.75, 3.05) is 13.7 Å². The quantitative estimate of drug-likeness (QED) is 0.493. The van der Waals surface area contributed by atoms with E-state index >= 15 is 0 Å². The predicted octanol–water partition coefficient (Wildman–Crippen LogP) is 0.328. The minimum Gasteiger partial charge on any atom is -0.496 e. The van der Waals surface area contributed by atoms with Crippen molar-refractivity contribution in [3.63, 3.8) is 0 Å². The summed E-state index contributed by atoms with van der Waals surface area (Å²) in [6.07, 6.45) is -6.78. The molecule has 0 radical (unpaired) electrons. The summed E-state index contributed by atoms with van der Waals surface area (Å²) in [6.45, 7) is -0.539. The van der Waals surface area contributed by atoms with Crippen molar-refractivity contribution in [1.29, 1.82) is 0 Å². The van der Waals surface area contributed by atoms with E-state index < -0.39 is 49.4 Å². The maximum absolute atomic E-state index is 12.5. The van der Waals surface area contributed by atoms with Gasteiger partial charge in [0.1, 0.15) is 47.6 Å². The summed E-state index contributed by atoms with van der Waals surface area (Å²) in [4.78, 5) is 12.5. The third-order valence-electron chi connectivity index (χ3n) is 5.54. The first kappa shape index (κ1) is 21.5. The highest BCUT2D eigenvalue weighted by Gasteiger charge is 2.44. The number of aliphatic hydroxyl groups excluding tert-OH is 4. The molecule has 0 amide bonds. The minimum absolute atomic E-state index is 0.331. The van der Waals surface area contributed by atoms with Crippen LogP contribution in [0, 0.1) is 0 Å². The fourth-order valence-corrected chi connectivity index (χ4v) is 3.82. The van der Waals surface area contributed by atoms with Gasteiger partial charge in [-0.2, -0.15) is 0 Å². The van der Waals surface area contributed by atoms with Crippen molar-refractivity contribution < 1.29 is 44.2 Å². The number of hydrogen-bond acceptors (Lipinski definition) is 9. The predicted molar refractivity (Wildman–Crippen MR) is 106 cm³/mol. The molecule has 0 bridgehead atoms. The first-order valence-electron chi connectivity index (χ1n) is 9.87. The van der Waals surface area contributed by atoms with Gasteiger partial charge >= 0.3 is 5.97 Å². The van der Waals surface area contributed by atoms with Crippen molar-refractivity contribution in [3.8, 4) is 11.5 Å². The van der Waals surface area contributed by atoms with Gasteiger partial charge in [-0.15, -0.1) is 0 Å². The zero-order valence-corrected chi connectivity index (χ0v) is 16.7. The van der Waals surface area contributed by atoms with E-state index in [0.717, 1.165) is 11.1 Å². The normalized spacial score (nSPS) is 30.3. The molecule has 166 valence electrons. The van der Waals surface area contributed by atoms with Crippen LogP contribution in [0.25, 0.3) is 0 Å². The van der Waals surface area contributed by atoms with Crippen LogP contribution in [0.2, 0.25) is 0 Å². The Morgan fingerprint density at radius 1 is 1.03 bits per heavy atom. The summed E-state index contributed by atoms with van der Waals surface area (Å²) >= 11 is 0. The molecule has 2 heterocycles. The summed E-state index contributed by atoms with van der Waals surface area (Å²) in [5, 5.41) is 39.1. The monoisotopic (exact) mass is 432 g/mol. The van der Waals surface area contributed by atoms with E-state index in [2.05, 4.69) is 0 Å². The lowest BCUT2D eigenvalue weighted by molar-refractivity contribution is -0.277. The van der Waals surface area contributed by atoms with Gasteiger partial charge < -0.3 is 39.4 Å². The molecule has 2 aliphatic heterocycles. The molecule has 1 fully saturated rings. The molecule has 4 N–H and O–H groups in total. The second-order valence-electron chi connectivity index (χ2n) is 7.48. The molecular formula is C22H24O9. The van der Waals surface area contributed by atoms with E-state index in [4.69, 9.17) is 18.9 Å². The van der Waals surface area contributed by atoms with Gasteiger partial charge in [0, 0.05) is 6.42 Å². The summed E-state index contributed by atoms with van der Waals surface area (Å²) in [6, 6.07) is 12.1. The number of aliphatic hydroxyl groups is 4. The number of fused-ring (bicyclic) bond motifs is 1. The molecule has 6 unspecified atom stereocenters. The third kappa shape index (κ3) is 4.10. The van der Waals surface area contributed by atoms with Crippen LogP contribution >= 0.6 is 0 Å². The molecule has 2 aliphatic rings. The average molecular weight is 432 g/mol. The van der Waals surface area contributed by atoms with Crippen LogP contribution < -0.4 is 9.47 Å². The Labute approximate surface area is 178 Å². The summed E-state index contributed by atoms with van der Waals surface area (Å²) in [7, 11) is 1.50. The molecule has 9 nitrogen and oxygen atoms in total. The Morgan fingerprint density at radius 2 is 1.77 bits per heavy atom. The van der Waals surface area contributed by atoms with Crippen LogP contribution in [-0.2, 0) is 15.9 Å². The number of ether oxygens (including phenoxy) is 4. The number of hydrogen-bond donors (Lipinski definition) is 4. The van der Waals surface area contributed by atoms with E-state index in [0.29, 0.717) is 23.5 Å². The van der Waals surface area contributed by atoms with Gasteiger partial charge in [0.05, 0.1) is 13.7 Å². The van der Waals surface area contributed by atoms with Crippen LogP contribution in [0.15, 0.2) is 42.5 Å². The lowest BCUT2D eigenvalue weighted by Gasteiger charge is -2.39. The van der Waals surface area contributed by atoms with Crippen LogP contribution in [0.1, 0.15) is 27.6 Å². The maximum atomic E-state index is 12.5. The van der Waals surface area contributed by atoms with E-state index in [9.17, 15) is 25.2 Å². The number of benzene rings is 2. The zero-order chi connectivity index (χ0) is 22.1. The molecule has 6 atom stereocenters. The third-order valence-corrected chi connectivity index (χ3v) is 5.54. The Bertz CT molecular complexity index is 927. The largest absolute Gasteiger partial charge is 0.496 e. The van der Waals surface area contributed by atoms with Gasteiger partial charge in [-0.25, -0.2) is 4.79 Å². The number of carbonyl (C=O) groups is 1. The van der Waals surface area contributed by atoms with Gasteiger partial charge in [0.2, 0.25) is 6.29 Å². The van der Waals surface area contributed by atoms with Crippen molar-refractivity contribution in [1.82, 2.24) is 0 Å². The molecule has 0 aromatic heterocycles. The summed E-state index contributed by atoms with van der Waals surface area (Å²) in [5.41, 5.74) is 2.02. The fourth-order valence-electron chi connectivity index (χ4n) is 3.82. The fraction of sp³-hybridized carbons (Fsp3) is 0.409. The molecule has 31 heavy (non-hydrogen) atoms. The second kappa shape index (κ2) is 8.81. The highest BCUT2D eigenvalue weighted by atomic mass is 16.7. The van der Waals surface area contributed by atoms with Crippen LogP contribution in [0.4, 0.5) is 0 Å². The van der Waals surface area contributed by atoms with Gasteiger partial charge in [-0.1, -0.05) is 24.3 Å². The molecule has 0 aliphatic carbocycles. The van der Waals surface area contributed by atoms with Crippen molar-refractivity contribution in [2.24, 2.45) is 0 Å². The lowest BCUT2D eigenvalue weighted by Crippen LogP contribution is -2.60. The number of methoxy groups -OCH3 is 1. The van der Waals surface area contributed by atoms with Gasteiger partial charge in [0.15, 0.2) is 0 Å². The van der Waals surface area contributed by atoms with E-state index in [-0.39, 0.29) is 0 Å². The van der Waals surface area contributed by atoms with Gasteiger partial charge in [0.25, 0.3) is 0 Å². The molecule has 4 rings (SSSR count). The number of rotatable bonds is 5. The topological polar surface area (TPSA) is 135 Å². The SMILES string of the molecule is COc1cccc2c1C(=O)OC(c1ccc(OC3OC(CO)C(O)C(O)C3O)cc1)C2. The van der Waals surface area contributed by atoms with Crippen LogP contribution in [0.5, 0.6) is 11.5 Å². The number of cyclic esters (lactones) is 1. The van der Waals surface area contributed by atoms with Crippen LogP contribution in [0.3, 0.4) is 0 Å². The Balaban J connectivity index is 1.47. The van der Waals surface area contributed by atoms with Gasteiger partial charge in [-0.05, 0) is 29.3 Å². The zero-order valence-electron chi connectivity index (χ0n) is 16.7. The van der Waals surface area contributed by atoms with Gasteiger partial charge in [-0.3, -0.25) is 0 Å². The summed E-state index contributed by atoms with van der Waals surface area (Å²) in [5.74, 6) is 0.354. The maximum Gasteiger partial charge on any atom is 0.342 e. The number of esters is 1. The van der Waals surface area contributed by atoms with Crippen molar-refractivity contribution >= 4 is 5.97 Å². The molecule has 1 saturated heterocycles. The van der Waals surface area contributed by atoms with Crippen LogP contribution in [-0.4, -0.2) is 70.8 Å². The highest BCUT2D eigenvalue weighted by Crippen LogP contribution is 2.35. The van der Waals surface area contributed by atoms with E-state index in [1.165, 1.54) is 7.11 Å². The first-order chi connectivity index (χ1) is 14.9. The molecule has 0 spiro atoms. The molecule has 9 heteroatoms. The minimum atomic E-state index is -1.52. The second-order valence-corrected chi connectivity index (χ2v) is 7.48. The Morgan fingerprint density at radius 3 is 2.45 bits per heavy atom. The Hall–Kier alpha value is -2.69. The standard InChI is InChI=1S/C22H24O9/c1-28-14-4-2-3-12-9-15(30-21(27)17(12)14)11-5-7-13(8-6-11)29-22-20(26)19(25)18(24)16(10-23)31-22/h2-8,15-16,18-20,22-26H,9-10H2,1H3. The summed E-state index contributed by atoms with van der Waals surface area (Å²) < 4.78 is 21.8. The smallest absolute Gasteiger partial charge is 0.342 e. The van der Waals surface area contributed by atoms with E-state index in [1.54, 1.807) is 30.3 Å². The lowest BCUT2D eigenvalue weighted by atomic mass is 9.94. The Kier molecular flexibility index (Phi) is 6.12. The van der Waals surface area contributed by atoms with Crippen molar-refractivity contribution in [3.05, 3.63) is 59.2 Å². The van der Waals surface area contributed by atoms with E-state index in [1.807, 2.05) is 12.1 Å². The first-order valence-corrected chi connectivity index (χ1v) is 9.87. The molecule has 0 saturated carbocycles. The molecule has 2 aromatic carbocycles. The van der Waals surface area contributed by atoms with Crippen molar-refractivity contribution in [2.45, 2.75) is 43.2 Å². The molecule has 2 aromatic rings. The average Bonchev–Trinajstić information content (AvgIpc) is 2.79. The molecular weight excluding hydrogens is 408 g/mol. The highest BCUT2D eigenvalue weighted by molar-refractivity contribution is 5.95. The number of carbonyl (C=O) groups excluding carboxylic acids is 1.